The molecule has 1 aliphatic carbocycles. The molecule has 0 aliphatic heterocycles. The minimum atomic E-state index is 0.0635. The average molecular weight is 242 g/mol. The molecule has 0 amide bonds. The second kappa shape index (κ2) is 7.34. The number of hydrogen-bond donors (Lipinski definition) is 2. The predicted molar refractivity (Wildman–Crippen MR) is 72.9 cm³/mol. The summed E-state index contributed by atoms with van der Waals surface area (Å²) in [5.41, 5.74) is 6.18. The van der Waals surface area contributed by atoms with Crippen LogP contribution in [0.25, 0.3) is 0 Å². The fourth-order valence-corrected chi connectivity index (χ4v) is 2.91. The molecule has 2 atom stereocenters. The van der Waals surface area contributed by atoms with Crippen LogP contribution in [0.2, 0.25) is 0 Å². The number of likely N-dealkylation sites (N-methyl/N-ethyl adjacent to an activating group) is 1. The lowest BCUT2D eigenvalue weighted by atomic mass is 9.88. The molecule has 1 fully saturated rings. The molecule has 0 bridgehead atoms. The summed E-state index contributed by atoms with van der Waals surface area (Å²) in [6.45, 7) is 5.51. The van der Waals surface area contributed by atoms with Gasteiger partial charge in [-0.15, -0.1) is 0 Å². The van der Waals surface area contributed by atoms with Gasteiger partial charge in [0.2, 0.25) is 0 Å². The minimum Gasteiger partial charge on any atom is -0.395 e. The van der Waals surface area contributed by atoms with Crippen molar-refractivity contribution in [2.24, 2.45) is 17.6 Å². The zero-order chi connectivity index (χ0) is 12.8. The molecule has 0 aromatic carbocycles. The van der Waals surface area contributed by atoms with Crippen molar-refractivity contribution in [3.05, 3.63) is 0 Å². The van der Waals surface area contributed by atoms with Gasteiger partial charge in [0.15, 0.2) is 0 Å². The molecule has 0 heterocycles. The fraction of sp³-hybridized carbons (Fsp3) is 1.00. The second-order valence-electron chi connectivity index (χ2n) is 6.01. The number of rotatable bonds is 6. The van der Waals surface area contributed by atoms with Crippen LogP contribution < -0.4 is 5.73 Å². The fourth-order valence-electron chi connectivity index (χ4n) is 2.91. The van der Waals surface area contributed by atoms with E-state index in [1.165, 1.54) is 32.1 Å². The topological polar surface area (TPSA) is 49.5 Å². The Morgan fingerprint density at radius 2 is 1.82 bits per heavy atom. The lowest BCUT2D eigenvalue weighted by Crippen LogP contribution is -2.52. The summed E-state index contributed by atoms with van der Waals surface area (Å²) in [6, 6.07) is 0.172. The van der Waals surface area contributed by atoms with Gasteiger partial charge in [0.05, 0.1) is 6.61 Å². The van der Waals surface area contributed by atoms with Gasteiger partial charge in [0.1, 0.15) is 0 Å². The maximum absolute atomic E-state index is 9.52. The van der Waals surface area contributed by atoms with Crippen molar-refractivity contribution in [2.45, 2.75) is 58.0 Å². The van der Waals surface area contributed by atoms with Gasteiger partial charge in [0.25, 0.3) is 0 Å². The quantitative estimate of drug-likeness (QED) is 0.747. The van der Waals surface area contributed by atoms with Crippen molar-refractivity contribution < 1.29 is 5.11 Å². The monoisotopic (exact) mass is 242 g/mol. The van der Waals surface area contributed by atoms with Crippen molar-refractivity contribution in [1.82, 2.24) is 4.90 Å². The molecule has 2 unspecified atom stereocenters. The highest BCUT2D eigenvalue weighted by Crippen LogP contribution is 2.25. The summed E-state index contributed by atoms with van der Waals surface area (Å²) in [5.74, 6) is 1.23. The highest BCUT2D eigenvalue weighted by Gasteiger charge is 2.26. The first-order chi connectivity index (χ1) is 8.06. The predicted octanol–water partition coefficient (Wildman–Crippen LogP) is 1.84. The molecule has 17 heavy (non-hydrogen) atoms. The van der Waals surface area contributed by atoms with Crippen LogP contribution in [0.3, 0.4) is 0 Å². The van der Waals surface area contributed by atoms with Gasteiger partial charge >= 0.3 is 0 Å². The van der Waals surface area contributed by atoms with Gasteiger partial charge in [0, 0.05) is 18.6 Å². The minimum absolute atomic E-state index is 0.0635. The standard InChI is InChI=1S/C14H30N2O/c1-11(2)14(15)13(10-17)16(3)9-12-7-5-4-6-8-12/h11-14,17H,4-10,15H2,1-3H3. The van der Waals surface area contributed by atoms with Crippen molar-refractivity contribution in [3.63, 3.8) is 0 Å². The normalized spacial score (nSPS) is 22.1. The Hall–Kier alpha value is -0.120. The maximum Gasteiger partial charge on any atom is 0.0601 e. The largest absolute Gasteiger partial charge is 0.395 e. The zero-order valence-electron chi connectivity index (χ0n) is 11.7. The van der Waals surface area contributed by atoms with Crippen LogP contribution in [-0.2, 0) is 0 Å². The van der Waals surface area contributed by atoms with Gasteiger partial charge in [-0.05, 0) is 31.7 Å². The lowest BCUT2D eigenvalue weighted by Gasteiger charge is -2.36. The molecule has 0 aromatic heterocycles. The van der Waals surface area contributed by atoms with Crippen LogP contribution in [0, 0.1) is 11.8 Å². The summed E-state index contributed by atoms with van der Waals surface area (Å²) < 4.78 is 0. The van der Waals surface area contributed by atoms with E-state index in [4.69, 9.17) is 5.73 Å². The Morgan fingerprint density at radius 1 is 1.24 bits per heavy atom. The van der Waals surface area contributed by atoms with Gasteiger partial charge in [-0.1, -0.05) is 33.1 Å². The highest BCUT2D eigenvalue weighted by molar-refractivity contribution is 4.83. The first-order valence-corrected chi connectivity index (χ1v) is 7.13. The van der Waals surface area contributed by atoms with Crippen LogP contribution in [0.5, 0.6) is 0 Å². The van der Waals surface area contributed by atoms with Crippen LogP contribution >= 0.6 is 0 Å². The molecule has 1 saturated carbocycles. The van der Waals surface area contributed by atoms with E-state index in [1.807, 2.05) is 0 Å². The number of aliphatic hydroxyl groups is 1. The van der Waals surface area contributed by atoms with E-state index in [-0.39, 0.29) is 18.7 Å². The van der Waals surface area contributed by atoms with E-state index < -0.39 is 0 Å². The number of nitrogens with zero attached hydrogens (tertiary/aromatic N) is 1. The summed E-state index contributed by atoms with van der Waals surface area (Å²) in [5, 5.41) is 9.52. The van der Waals surface area contributed by atoms with E-state index in [0.717, 1.165) is 12.5 Å². The molecule has 3 nitrogen and oxygen atoms in total. The average Bonchev–Trinajstić information content (AvgIpc) is 2.30. The van der Waals surface area contributed by atoms with E-state index in [1.54, 1.807) is 0 Å². The Kier molecular flexibility index (Phi) is 6.45. The Labute approximate surface area is 106 Å². The van der Waals surface area contributed by atoms with Gasteiger partial charge in [-0.3, -0.25) is 4.90 Å². The second-order valence-corrected chi connectivity index (χ2v) is 6.01. The third kappa shape index (κ3) is 4.57. The summed E-state index contributed by atoms with van der Waals surface area (Å²) in [4.78, 5) is 2.28. The molecular formula is C14H30N2O. The zero-order valence-corrected chi connectivity index (χ0v) is 11.7. The highest BCUT2D eigenvalue weighted by atomic mass is 16.3. The molecule has 0 saturated heterocycles. The summed E-state index contributed by atoms with van der Waals surface area (Å²) >= 11 is 0. The molecule has 102 valence electrons. The molecule has 0 aromatic rings. The van der Waals surface area contributed by atoms with Crippen LogP contribution in [0.4, 0.5) is 0 Å². The smallest absolute Gasteiger partial charge is 0.0601 e. The van der Waals surface area contributed by atoms with Crippen LogP contribution in [-0.4, -0.2) is 42.3 Å². The number of nitrogens with two attached hydrogens (primary N) is 1. The third-order valence-electron chi connectivity index (χ3n) is 4.24. The van der Waals surface area contributed by atoms with E-state index >= 15 is 0 Å². The van der Waals surface area contributed by atoms with Crippen molar-refractivity contribution in [1.29, 1.82) is 0 Å². The number of aliphatic hydroxyl groups excluding tert-OH is 1. The Morgan fingerprint density at radius 3 is 2.29 bits per heavy atom. The molecule has 3 N–H and O–H groups in total. The van der Waals surface area contributed by atoms with Crippen LogP contribution in [0.1, 0.15) is 46.0 Å². The van der Waals surface area contributed by atoms with Gasteiger partial charge in [-0.25, -0.2) is 0 Å². The maximum atomic E-state index is 9.52. The van der Waals surface area contributed by atoms with Gasteiger partial charge < -0.3 is 10.8 Å². The molecule has 1 aliphatic rings. The molecule has 0 radical (unpaired) electrons. The van der Waals surface area contributed by atoms with E-state index in [2.05, 4.69) is 25.8 Å². The summed E-state index contributed by atoms with van der Waals surface area (Å²) in [6.07, 6.45) is 6.84. The first-order valence-electron chi connectivity index (χ1n) is 7.13. The Bertz CT molecular complexity index is 202. The van der Waals surface area contributed by atoms with Crippen molar-refractivity contribution in [3.8, 4) is 0 Å². The van der Waals surface area contributed by atoms with Crippen molar-refractivity contribution in [2.75, 3.05) is 20.2 Å². The molecular weight excluding hydrogens is 212 g/mol. The molecule has 0 spiro atoms. The molecule has 1 rings (SSSR count). The number of hydrogen-bond acceptors (Lipinski definition) is 3. The summed E-state index contributed by atoms with van der Waals surface area (Å²) in [7, 11) is 2.11. The van der Waals surface area contributed by atoms with E-state index in [0.29, 0.717) is 5.92 Å². The molecule has 3 heteroatoms. The SMILES string of the molecule is CC(C)C(N)C(CO)N(C)CC1CCCCC1. The lowest BCUT2D eigenvalue weighted by molar-refractivity contribution is 0.0929. The van der Waals surface area contributed by atoms with Crippen LogP contribution in [0.15, 0.2) is 0 Å². The first kappa shape index (κ1) is 14.9. The Balaban J connectivity index is 2.44. The van der Waals surface area contributed by atoms with Gasteiger partial charge in [-0.2, -0.15) is 0 Å². The third-order valence-corrected chi connectivity index (χ3v) is 4.24. The van der Waals surface area contributed by atoms with Crippen molar-refractivity contribution >= 4 is 0 Å². The van der Waals surface area contributed by atoms with E-state index in [9.17, 15) is 5.11 Å².